The lowest BCUT2D eigenvalue weighted by molar-refractivity contribution is -0.136. The van der Waals surface area contributed by atoms with Crippen LogP contribution in [0.25, 0.3) is 0 Å². The SMILES string of the molecule is CS(=O)(=O)c1ccc(N2CCC(CCN3CCN(c4cccc5c4C(=O)N(C4CCC(=O)NC4=O)C5=O)CC3)CC2)c2c1C(O)C(F)C2. The third-order valence-electron chi connectivity index (χ3n) is 10.7. The van der Waals surface area contributed by atoms with E-state index in [0.717, 1.165) is 68.8 Å². The molecule has 5 aliphatic rings. The molecule has 2 N–H and O–H groups in total. The molecule has 3 fully saturated rings. The Morgan fingerprint density at radius 3 is 2.29 bits per heavy atom. The largest absolute Gasteiger partial charge is 0.385 e. The highest BCUT2D eigenvalue weighted by Crippen LogP contribution is 2.43. The number of fused-ring (bicyclic) bond motifs is 2. The van der Waals surface area contributed by atoms with E-state index in [2.05, 4.69) is 20.0 Å². The van der Waals surface area contributed by atoms with Crippen molar-refractivity contribution < 1.29 is 37.1 Å². The molecule has 3 saturated heterocycles. The highest BCUT2D eigenvalue weighted by Gasteiger charge is 2.46. The van der Waals surface area contributed by atoms with Gasteiger partial charge in [0.05, 0.1) is 21.7 Å². The van der Waals surface area contributed by atoms with Gasteiger partial charge in [0.1, 0.15) is 18.3 Å². The molecule has 0 radical (unpaired) electrons. The Kier molecular flexibility index (Phi) is 8.53. The minimum absolute atomic E-state index is 0.00909. The van der Waals surface area contributed by atoms with Crippen molar-refractivity contribution in [3.63, 3.8) is 0 Å². The smallest absolute Gasteiger partial charge is 0.264 e. The molecule has 2 aromatic carbocycles. The van der Waals surface area contributed by atoms with Crippen molar-refractivity contribution in [2.45, 2.75) is 61.7 Å². The van der Waals surface area contributed by atoms with Gasteiger partial charge in [-0.15, -0.1) is 0 Å². The highest BCUT2D eigenvalue weighted by molar-refractivity contribution is 7.90. The Morgan fingerprint density at radius 1 is 0.896 bits per heavy atom. The number of piperidine rings is 2. The number of nitrogens with zero attached hydrogens (tertiary/aromatic N) is 4. The predicted molar refractivity (Wildman–Crippen MR) is 174 cm³/mol. The van der Waals surface area contributed by atoms with Crippen LogP contribution in [-0.2, 0) is 25.8 Å². The number of amides is 4. The van der Waals surface area contributed by atoms with E-state index in [1.807, 2.05) is 6.07 Å². The molecule has 3 atom stereocenters. The van der Waals surface area contributed by atoms with Crippen LogP contribution in [0.2, 0.25) is 0 Å². The first-order chi connectivity index (χ1) is 22.9. The summed E-state index contributed by atoms with van der Waals surface area (Å²) in [6.45, 7) is 5.45. The Bertz CT molecular complexity index is 1790. The second-order valence-corrected chi connectivity index (χ2v) is 15.6. The van der Waals surface area contributed by atoms with Gasteiger partial charge < -0.3 is 14.9 Å². The molecule has 12 nitrogen and oxygen atoms in total. The van der Waals surface area contributed by atoms with Gasteiger partial charge in [0.25, 0.3) is 11.8 Å². The van der Waals surface area contributed by atoms with E-state index in [0.29, 0.717) is 35.8 Å². The summed E-state index contributed by atoms with van der Waals surface area (Å²) in [4.78, 5) is 58.6. The molecule has 3 unspecified atom stereocenters. The van der Waals surface area contributed by atoms with Crippen LogP contribution >= 0.6 is 0 Å². The van der Waals surface area contributed by atoms with Gasteiger partial charge in [-0.2, -0.15) is 0 Å². The second kappa shape index (κ2) is 12.5. The number of nitrogens with one attached hydrogen (secondary N) is 1. The van der Waals surface area contributed by atoms with Gasteiger partial charge in [-0.1, -0.05) is 6.07 Å². The minimum Gasteiger partial charge on any atom is -0.385 e. The molecule has 0 bridgehead atoms. The van der Waals surface area contributed by atoms with Crippen molar-refractivity contribution in [2.24, 2.45) is 5.92 Å². The fourth-order valence-electron chi connectivity index (χ4n) is 8.08. The quantitative estimate of drug-likeness (QED) is 0.415. The van der Waals surface area contributed by atoms with Crippen LogP contribution in [0.4, 0.5) is 15.8 Å². The van der Waals surface area contributed by atoms with Gasteiger partial charge in [-0.25, -0.2) is 12.8 Å². The second-order valence-electron chi connectivity index (χ2n) is 13.6. The van der Waals surface area contributed by atoms with E-state index in [1.54, 1.807) is 18.2 Å². The number of carbonyl (C=O) groups is 4. The number of sulfone groups is 1. The molecule has 2 aromatic rings. The molecule has 0 spiro atoms. The molecule has 1 aliphatic carbocycles. The number of alkyl halides is 1. The maximum absolute atomic E-state index is 14.6. The maximum Gasteiger partial charge on any atom is 0.264 e. The Morgan fingerprint density at radius 2 is 1.60 bits per heavy atom. The van der Waals surface area contributed by atoms with Crippen LogP contribution in [0.5, 0.6) is 0 Å². The number of hydrogen-bond donors (Lipinski definition) is 2. The number of hydrogen-bond acceptors (Lipinski definition) is 10. The number of anilines is 2. The molecular formula is C34H40FN5O7S. The van der Waals surface area contributed by atoms with Crippen molar-refractivity contribution in [1.29, 1.82) is 0 Å². The lowest BCUT2D eigenvalue weighted by atomic mass is 9.92. The fourth-order valence-corrected chi connectivity index (χ4v) is 9.04. The first-order valence-corrected chi connectivity index (χ1v) is 18.6. The van der Waals surface area contributed by atoms with Crippen LogP contribution in [0.15, 0.2) is 35.2 Å². The van der Waals surface area contributed by atoms with Crippen LogP contribution in [0.1, 0.15) is 70.1 Å². The third kappa shape index (κ3) is 5.77. The predicted octanol–water partition coefficient (Wildman–Crippen LogP) is 1.85. The zero-order valence-electron chi connectivity index (χ0n) is 26.9. The molecule has 0 saturated carbocycles. The summed E-state index contributed by atoms with van der Waals surface area (Å²) in [6.07, 6.45) is 1.29. The van der Waals surface area contributed by atoms with E-state index in [-0.39, 0.29) is 35.3 Å². The summed E-state index contributed by atoms with van der Waals surface area (Å²) in [7, 11) is -3.60. The number of aliphatic hydroxyl groups excluding tert-OH is 1. The molecule has 4 aliphatic heterocycles. The van der Waals surface area contributed by atoms with Gasteiger partial charge in [0.2, 0.25) is 11.8 Å². The molecule has 14 heteroatoms. The highest BCUT2D eigenvalue weighted by atomic mass is 32.2. The standard InChI is InChI=1S/C34H40FN5O7S/c1-48(46,47)27-7-5-24(22-19-23(35)31(42)30(22)27)38-13-10-20(11-14-38)9-12-37-15-17-39(18-16-37)25-4-2-3-21-29(25)34(45)40(33(21)44)26-6-8-28(41)36-32(26)43/h2-5,7,20,23,26,31,42H,6,8-19H2,1H3,(H,36,41,43). The van der Waals surface area contributed by atoms with Crippen molar-refractivity contribution in [3.05, 3.63) is 52.6 Å². The Hall–Kier alpha value is -3.88. The van der Waals surface area contributed by atoms with Crippen molar-refractivity contribution >= 4 is 44.8 Å². The van der Waals surface area contributed by atoms with Crippen LogP contribution in [0, 0.1) is 5.92 Å². The van der Waals surface area contributed by atoms with Gasteiger partial charge >= 0.3 is 0 Å². The number of aliphatic hydroxyl groups is 1. The van der Waals surface area contributed by atoms with E-state index < -0.39 is 51.8 Å². The van der Waals surface area contributed by atoms with Crippen LogP contribution < -0.4 is 15.1 Å². The van der Waals surface area contributed by atoms with E-state index in [9.17, 15) is 37.1 Å². The third-order valence-corrected chi connectivity index (χ3v) is 11.9. The Balaban J connectivity index is 0.933. The van der Waals surface area contributed by atoms with Crippen molar-refractivity contribution in [3.8, 4) is 0 Å². The van der Waals surface area contributed by atoms with Crippen molar-refractivity contribution in [2.75, 3.05) is 61.9 Å². The monoisotopic (exact) mass is 681 g/mol. The average Bonchev–Trinajstić information content (AvgIpc) is 3.50. The fraction of sp³-hybridized carbons (Fsp3) is 0.529. The first kappa shape index (κ1) is 32.7. The van der Waals surface area contributed by atoms with Gasteiger partial charge in [0.15, 0.2) is 9.84 Å². The summed E-state index contributed by atoms with van der Waals surface area (Å²) in [5.41, 5.74) is 2.93. The Labute approximate surface area is 278 Å². The number of carbonyl (C=O) groups excluding carboxylic acids is 4. The number of imide groups is 2. The van der Waals surface area contributed by atoms with E-state index >= 15 is 0 Å². The zero-order valence-corrected chi connectivity index (χ0v) is 27.7. The molecule has 0 aromatic heterocycles. The molecular weight excluding hydrogens is 641 g/mol. The summed E-state index contributed by atoms with van der Waals surface area (Å²) < 4.78 is 39.2. The summed E-state index contributed by atoms with van der Waals surface area (Å²) >= 11 is 0. The molecule has 4 heterocycles. The minimum atomic E-state index is -3.60. The molecule has 4 amide bonds. The number of rotatable bonds is 7. The summed E-state index contributed by atoms with van der Waals surface area (Å²) in [5, 5.41) is 12.7. The van der Waals surface area contributed by atoms with Gasteiger partial charge in [0, 0.05) is 69.6 Å². The summed E-state index contributed by atoms with van der Waals surface area (Å²) in [5.74, 6) is -1.51. The maximum atomic E-state index is 14.6. The number of benzene rings is 2. The first-order valence-electron chi connectivity index (χ1n) is 16.7. The zero-order chi connectivity index (χ0) is 33.9. The van der Waals surface area contributed by atoms with Crippen LogP contribution in [-0.4, -0.2) is 111 Å². The molecule has 48 heavy (non-hydrogen) atoms. The van der Waals surface area contributed by atoms with E-state index in [4.69, 9.17) is 0 Å². The lowest BCUT2D eigenvalue weighted by Gasteiger charge is -2.38. The summed E-state index contributed by atoms with van der Waals surface area (Å²) in [6, 6.07) is 7.49. The lowest BCUT2D eigenvalue weighted by Crippen LogP contribution is -2.54. The van der Waals surface area contributed by atoms with Crippen molar-refractivity contribution in [1.82, 2.24) is 15.1 Å². The average molecular weight is 682 g/mol. The van der Waals surface area contributed by atoms with Gasteiger partial charge in [-0.05, 0) is 68.0 Å². The molecule has 256 valence electrons. The number of halogens is 1. The van der Waals surface area contributed by atoms with Crippen LogP contribution in [0.3, 0.4) is 0 Å². The number of piperazine rings is 1. The topological polar surface area (TPSA) is 148 Å². The molecule has 7 rings (SSSR count). The normalized spacial score (nSPS) is 25.5. The van der Waals surface area contributed by atoms with E-state index in [1.165, 1.54) is 6.07 Å². The van der Waals surface area contributed by atoms with Gasteiger partial charge in [-0.3, -0.25) is 34.3 Å².